The summed E-state index contributed by atoms with van der Waals surface area (Å²) in [6.07, 6.45) is 4.04. The number of ether oxygens (including phenoxy) is 1. The van der Waals surface area contributed by atoms with Gasteiger partial charge in [-0.3, -0.25) is 0 Å². The normalized spacial score (nSPS) is 27.8. The fraction of sp³-hybridized carbons (Fsp3) is 0.545. The summed E-state index contributed by atoms with van der Waals surface area (Å²) >= 11 is 0. The smallest absolute Gasteiger partial charge is 0.401 e. The fourth-order valence-electron chi connectivity index (χ4n) is 4.03. The lowest BCUT2D eigenvalue weighted by Crippen LogP contribution is -2.54. The molecule has 1 atom stereocenters. The Morgan fingerprint density at radius 3 is 2.23 bits per heavy atom. The molecule has 2 aliphatic heterocycles. The Labute approximate surface area is 157 Å². The third-order valence-corrected chi connectivity index (χ3v) is 6.38. The third-order valence-electron chi connectivity index (χ3n) is 6.38. The second-order valence-electron chi connectivity index (χ2n) is 8.82. The standard InChI is InChI=1S/C22H29BO3/c1-20(2)21(3,4)26-23(25-20)22(13-7-8-14-24-22)16-17-11-12-18-9-5-6-10-19(18)15-17/h5-6,9-12,15H,7-8,13-14,16H2,1-4H3/t22-/m1/s1. The first kappa shape index (κ1) is 18.0. The van der Waals surface area contributed by atoms with Crippen molar-refractivity contribution >= 4 is 17.9 Å². The summed E-state index contributed by atoms with van der Waals surface area (Å²) in [5.41, 5.74) is 0.190. The number of rotatable bonds is 3. The van der Waals surface area contributed by atoms with E-state index in [0.29, 0.717) is 0 Å². The molecule has 0 N–H and O–H groups in total. The predicted molar refractivity (Wildman–Crippen MR) is 106 cm³/mol. The molecule has 2 fully saturated rings. The summed E-state index contributed by atoms with van der Waals surface area (Å²) < 4.78 is 19.2. The SMILES string of the molecule is CC1(C)OB([C@]2(Cc3ccc4ccccc4c3)CCCCO2)OC1(C)C. The van der Waals surface area contributed by atoms with Crippen molar-refractivity contribution in [3.05, 3.63) is 48.0 Å². The molecule has 2 aromatic rings. The minimum Gasteiger partial charge on any atom is -0.401 e. The maximum absolute atomic E-state index is 6.42. The first-order valence-corrected chi connectivity index (χ1v) is 9.79. The van der Waals surface area contributed by atoms with Crippen molar-refractivity contribution in [2.45, 2.75) is 70.1 Å². The van der Waals surface area contributed by atoms with E-state index in [2.05, 4.69) is 70.2 Å². The van der Waals surface area contributed by atoms with E-state index in [1.165, 1.54) is 16.3 Å². The number of fused-ring (bicyclic) bond motifs is 1. The zero-order chi connectivity index (χ0) is 18.4. The van der Waals surface area contributed by atoms with Crippen LogP contribution in [0.4, 0.5) is 0 Å². The van der Waals surface area contributed by atoms with Crippen LogP contribution >= 0.6 is 0 Å². The first-order chi connectivity index (χ1) is 12.3. The molecule has 138 valence electrons. The Bertz CT molecular complexity index is 777. The maximum Gasteiger partial charge on any atom is 0.492 e. The lowest BCUT2D eigenvalue weighted by atomic mass is 9.60. The Morgan fingerprint density at radius 2 is 1.58 bits per heavy atom. The minimum absolute atomic E-state index is 0.334. The van der Waals surface area contributed by atoms with Gasteiger partial charge in [-0.25, -0.2) is 0 Å². The van der Waals surface area contributed by atoms with Gasteiger partial charge in [-0.2, -0.15) is 0 Å². The second-order valence-corrected chi connectivity index (χ2v) is 8.82. The molecule has 3 nitrogen and oxygen atoms in total. The van der Waals surface area contributed by atoms with Gasteiger partial charge in [0.1, 0.15) is 5.50 Å². The number of hydrogen-bond donors (Lipinski definition) is 0. The summed E-state index contributed by atoms with van der Waals surface area (Å²) in [6, 6.07) is 15.2. The van der Waals surface area contributed by atoms with E-state index in [1.54, 1.807) is 0 Å². The Hall–Kier alpha value is -1.36. The van der Waals surface area contributed by atoms with Gasteiger partial charge >= 0.3 is 7.12 Å². The molecule has 0 bridgehead atoms. The average molecular weight is 352 g/mol. The topological polar surface area (TPSA) is 27.7 Å². The summed E-state index contributed by atoms with van der Waals surface area (Å²) in [5.74, 6) is 0. The molecule has 0 radical (unpaired) electrons. The zero-order valence-electron chi connectivity index (χ0n) is 16.4. The molecule has 4 rings (SSSR count). The van der Waals surface area contributed by atoms with E-state index in [4.69, 9.17) is 14.0 Å². The largest absolute Gasteiger partial charge is 0.492 e. The van der Waals surface area contributed by atoms with Crippen LogP contribution in [-0.2, 0) is 20.5 Å². The van der Waals surface area contributed by atoms with Crippen LogP contribution < -0.4 is 0 Å². The summed E-state index contributed by atoms with van der Waals surface area (Å²) in [6.45, 7) is 9.22. The van der Waals surface area contributed by atoms with Crippen LogP contribution in [0.15, 0.2) is 42.5 Å². The van der Waals surface area contributed by atoms with Crippen molar-refractivity contribution in [2.24, 2.45) is 0 Å². The first-order valence-electron chi connectivity index (χ1n) is 9.79. The molecular formula is C22H29BO3. The molecule has 2 saturated heterocycles. The Kier molecular flexibility index (Phi) is 4.41. The average Bonchev–Trinajstić information content (AvgIpc) is 2.84. The molecule has 4 heteroatoms. The quantitative estimate of drug-likeness (QED) is 0.732. The number of hydrogen-bond acceptors (Lipinski definition) is 3. The van der Waals surface area contributed by atoms with Crippen molar-refractivity contribution < 1.29 is 14.0 Å². The highest BCUT2D eigenvalue weighted by atomic mass is 16.7. The molecule has 0 aliphatic carbocycles. The number of benzene rings is 2. The van der Waals surface area contributed by atoms with Gasteiger partial charge in [-0.1, -0.05) is 42.5 Å². The molecule has 0 saturated carbocycles. The van der Waals surface area contributed by atoms with Gasteiger partial charge in [-0.05, 0) is 69.7 Å². The Balaban J connectivity index is 1.66. The molecule has 2 aliphatic rings. The Morgan fingerprint density at radius 1 is 0.885 bits per heavy atom. The van der Waals surface area contributed by atoms with E-state index >= 15 is 0 Å². The van der Waals surface area contributed by atoms with Crippen LogP contribution in [0.1, 0.15) is 52.5 Å². The van der Waals surface area contributed by atoms with Gasteiger partial charge in [0.2, 0.25) is 0 Å². The molecule has 26 heavy (non-hydrogen) atoms. The molecule has 0 spiro atoms. The summed E-state index contributed by atoms with van der Waals surface area (Å²) in [4.78, 5) is 0. The molecule has 0 aromatic heterocycles. The van der Waals surface area contributed by atoms with Gasteiger partial charge in [-0.15, -0.1) is 0 Å². The van der Waals surface area contributed by atoms with Crippen LogP contribution in [0.5, 0.6) is 0 Å². The van der Waals surface area contributed by atoms with Gasteiger partial charge in [0, 0.05) is 6.61 Å². The van der Waals surface area contributed by atoms with Crippen molar-refractivity contribution in [1.82, 2.24) is 0 Å². The summed E-state index contributed by atoms with van der Waals surface area (Å²) in [7, 11) is -0.334. The second kappa shape index (κ2) is 6.37. The van der Waals surface area contributed by atoms with Crippen LogP contribution in [0.2, 0.25) is 0 Å². The van der Waals surface area contributed by atoms with Crippen molar-refractivity contribution in [3.63, 3.8) is 0 Å². The van der Waals surface area contributed by atoms with E-state index in [-0.39, 0.29) is 18.3 Å². The highest BCUT2D eigenvalue weighted by Gasteiger charge is 2.60. The zero-order valence-corrected chi connectivity index (χ0v) is 16.4. The lowest BCUT2D eigenvalue weighted by Gasteiger charge is -2.38. The van der Waals surface area contributed by atoms with E-state index in [0.717, 1.165) is 32.3 Å². The van der Waals surface area contributed by atoms with Crippen LogP contribution in [-0.4, -0.2) is 30.4 Å². The van der Waals surface area contributed by atoms with E-state index < -0.39 is 5.50 Å². The van der Waals surface area contributed by atoms with Gasteiger partial charge in [0.15, 0.2) is 0 Å². The molecule has 2 heterocycles. The van der Waals surface area contributed by atoms with E-state index in [1.807, 2.05) is 0 Å². The molecule has 0 amide bonds. The summed E-state index contributed by atoms with van der Waals surface area (Å²) in [5, 5.41) is 2.54. The fourth-order valence-corrected chi connectivity index (χ4v) is 4.03. The van der Waals surface area contributed by atoms with Crippen LogP contribution in [0, 0.1) is 0 Å². The molecular weight excluding hydrogens is 323 g/mol. The van der Waals surface area contributed by atoms with Crippen molar-refractivity contribution in [1.29, 1.82) is 0 Å². The van der Waals surface area contributed by atoms with Crippen LogP contribution in [0.25, 0.3) is 10.8 Å². The van der Waals surface area contributed by atoms with Gasteiger partial charge in [0.05, 0.1) is 11.2 Å². The highest BCUT2D eigenvalue weighted by Crippen LogP contribution is 2.44. The minimum atomic E-state index is -0.411. The van der Waals surface area contributed by atoms with E-state index in [9.17, 15) is 0 Å². The predicted octanol–water partition coefficient (Wildman–Crippen LogP) is 4.95. The van der Waals surface area contributed by atoms with Gasteiger partial charge < -0.3 is 14.0 Å². The van der Waals surface area contributed by atoms with Crippen molar-refractivity contribution in [2.75, 3.05) is 6.61 Å². The lowest BCUT2D eigenvalue weighted by molar-refractivity contribution is -0.0449. The van der Waals surface area contributed by atoms with Crippen molar-refractivity contribution in [3.8, 4) is 0 Å². The molecule has 0 unspecified atom stereocenters. The molecule has 2 aromatic carbocycles. The monoisotopic (exact) mass is 352 g/mol. The maximum atomic E-state index is 6.42. The highest BCUT2D eigenvalue weighted by molar-refractivity contribution is 6.49. The van der Waals surface area contributed by atoms with Crippen LogP contribution in [0.3, 0.4) is 0 Å². The third kappa shape index (κ3) is 3.08. The van der Waals surface area contributed by atoms with Gasteiger partial charge in [0.25, 0.3) is 0 Å².